The number of hydrogen-bond acceptors (Lipinski definition) is 5. The van der Waals surface area contributed by atoms with E-state index < -0.39 is 0 Å². The van der Waals surface area contributed by atoms with Crippen molar-refractivity contribution in [3.05, 3.63) is 59.9 Å². The molecule has 0 aliphatic rings. The van der Waals surface area contributed by atoms with Crippen molar-refractivity contribution in [1.82, 2.24) is 19.7 Å². The van der Waals surface area contributed by atoms with E-state index in [2.05, 4.69) is 52.4 Å². The summed E-state index contributed by atoms with van der Waals surface area (Å²) in [5, 5.41) is 18.5. The second-order valence-electron chi connectivity index (χ2n) is 5.53. The molecule has 0 bridgehead atoms. The van der Waals surface area contributed by atoms with E-state index in [1.807, 2.05) is 23.7 Å². The van der Waals surface area contributed by atoms with Crippen LogP contribution in [0.5, 0.6) is 0 Å². The zero-order chi connectivity index (χ0) is 16.9. The summed E-state index contributed by atoms with van der Waals surface area (Å²) in [6.45, 7) is 2.06. The number of pyridine rings is 1. The van der Waals surface area contributed by atoms with Crippen LogP contribution in [-0.2, 0) is 13.5 Å². The lowest BCUT2D eigenvalue weighted by atomic mass is 10.1. The highest BCUT2D eigenvalue weighted by atomic mass is 32.2. The minimum absolute atomic E-state index is 0.208. The van der Waals surface area contributed by atoms with E-state index in [1.54, 1.807) is 12.4 Å². The number of aryl methyl sites for hydroxylation is 1. The number of nitriles is 1. The molecule has 0 radical (unpaired) electrons. The molecule has 3 rings (SSSR count). The first kappa shape index (κ1) is 16.2. The Morgan fingerprint density at radius 2 is 1.83 bits per heavy atom. The fourth-order valence-electron chi connectivity index (χ4n) is 2.35. The van der Waals surface area contributed by atoms with Gasteiger partial charge in [-0.1, -0.05) is 41.6 Å². The lowest BCUT2D eigenvalue weighted by Gasteiger charge is -2.09. The summed E-state index contributed by atoms with van der Waals surface area (Å²) in [5.41, 5.74) is 3.32. The fraction of sp³-hybridized carbons (Fsp3) is 0.222. The second-order valence-corrected chi connectivity index (χ2v) is 6.70. The minimum Gasteiger partial charge on any atom is -0.305 e. The molecule has 6 heteroatoms. The first-order chi connectivity index (χ1) is 11.7. The number of hydrogen-bond donors (Lipinski definition) is 0. The van der Waals surface area contributed by atoms with Crippen molar-refractivity contribution in [1.29, 1.82) is 5.26 Å². The van der Waals surface area contributed by atoms with Crippen LogP contribution >= 0.6 is 11.8 Å². The Kier molecular flexibility index (Phi) is 4.92. The first-order valence-corrected chi connectivity index (χ1v) is 8.47. The van der Waals surface area contributed by atoms with Gasteiger partial charge in [0.15, 0.2) is 11.0 Å². The van der Waals surface area contributed by atoms with Crippen molar-refractivity contribution in [2.24, 2.45) is 7.05 Å². The minimum atomic E-state index is -0.208. The van der Waals surface area contributed by atoms with Gasteiger partial charge in [0.2, 0.25) is 0 Å². The van der Waals surface area contributed by atoms with Crippen molar-refractivity contribution in [3.63, 3.8) is 0 Å². The molecule has 120 valence electrons. The monoisotopic (exact) mass is 335 g/mol. The van der Waals surface area contributed by atoms with Crippen LogP contribution in [0.1, 0.15) is 11.1 Å². The van der Waals surface area contributed by atoms with E-state index >= 15 is 0 Å². The number of aromatic nitrogens is 4. The maximum absolute atomic E-state index is 9.48. The molecule has 0 aliphatic heterocycles. The zero-order valence-corrected chi connectivity index (χ0v) is 14.4. The SMILES string of the molecule is Cc1ccc(C[C@H](C#N)Sc2nnc(-c3ccncc3)n2C)cc1. The Morgan fingerprint density at radius 1 is 1.12 bits per heavy atom. The van der Waals surface area contributed by atoms with Crippen molar-refractivity contribution in [2.45, 2.75) is 23.8 Å². The van der Waals surface area contributed by atoms with Crippen LogP contribution in [0, 0.1) is 18.3 Å². The van der Waals surface area contributed by atoms with Gasteiger partial charge in [0.05, 0.1) is 6.07 Å². The molecule has 1 aromatic carbocycles. The zero-order valence-electron chi connectivity index (χ0n) is 13.5. The van der Waals surface area contributed by atoms with Crippen LogP contribution in [0.4, 0.5) is 0 Å². The molecule has 0 fully saturated rings. The van der Waals surface area contributed by atoms with E-state index in [4.69, 9.17) is 0 Å². The molecule has 0 aliphatic carbocycles. The van der Waals surface area contributed by atoms with Crippen molar-refractivity contribution >= 4 is 11.8 Å². The van der Waals surface area contributed by atoms with E-state index in [0.29, 0.717) is 6.42 Å². The first-order valence-electron chi connectivity index (χ1n) is 7.59. The Labute approximate surface area is 145 Å². The molecule has 2 heterocycles. The quantitative estimate of drug-likeness (QED) is 0.668. The van der Waals surface area contributed by atoms with Crippen LogP contribution < -0.4 is 0 Å². The van der Waals surface area contributed by atoms with Gasteiger partial charge in [-0.05, 0) is 31.0 Å². The Hall–Kier alpha value is -2.65. The molecule has 3 aromatic rings. The van der Waals surface area contributed by atoms with Crippen molar-refractivity contribution in [3.8, 4) is 17.5 Å². The van der Waals surface area contributed by atoms with E-state index in [0.717, 1.165) is 22.1 Å². The van der Waals surface area contributed by atoms with Gasteiger partial charge < -0.3 is 4.57 Å². The van der Waals surface area contributed by atoms with Crippen LogP contribution in [0.15, 0.2) is 53.9 Å². The Bertz CT molecular complexity index is 849. The molecular formula is C18H17N5S. The summed E-state index contributed by atoms with van der Waals surface area (Å²) in [6.07, 6.45) is 4.14. The predicted octanol–water partition coefficient (Wildman–Crippen LogP) is 3.41. The summed E-state index contributed by atoms with van der Waals surface area (Å²) >= 11 is 1.44. The molecule has 2 aromatic heterocycles. The highest BCUT2D eigenvalue weighted by Crippen LogP contribution is 2.27. The molecule has 1 atom stereocenters. The third-order valence-corrected chi connectivity index (χ3v) is 4.83. The maximum atomic E-state index is 9.48. The topological polar surface area (TPSA) is 67.4 Å². The largest absolute Gasteiger partial charge is 0.305 e. The molecule has 0 amide bonds. The molecule has 0 saturated carbocycles. The van der Waals surface area contributed by atoms with Crippen LogP contribution in [0.25, 0.3) is 11.4 Å². The van der Waals surface area contributed by atoms with E-state index in [-0.39, 0.29) is 5.25 Å². The third kappa shape index (κ3) is 3.63. The summed E-state index contributed by atoms with van der Waals surface area (Å²) in [5.74, 6) is 0.770. The standard InChI is InChI=1S/C18H17N5S/c1-13-3-5-14(6-4-13)11-16(12-19)24-18-22-21-17(23(18)2)15-7-9-20-10-8-15/h3-10,16H,11H2,1-2H3/t16-/m1/s1. The normalized spacial score (nSPS) is 11.9. The van der Waals surface area contributed by atoms with Crippen molar-refractivity contribution < 1.29 is 0 Å². The van der Waals surface area contributed by atoms with Gasteiger partial charge in [-0.3, -0.25) is 4.98 Å². The smallest absolute Gasteiger partial charge is 0.192 e. The average molecular weight is 335 g/mol. The lowest BCUT2D eigenvalue weighted by Crippen LogP contribution is -2.06. The molecule has 0 spiro atoms. The van der Waals surface area contributed by atoms with Gasteiger partial charge in [-0.15, -0.1) is 10.2 Å². The van der Waals surface area contributed by atoms with Gasteiger partial charge in [-0.25, -0.2) is 0 Å². The summed E-state index contributed by atoms with van der Waals surface area (Å²) in [4.78, 5) is 4.02. The highest BCUT2D eigenvalue weighted by Gasteiger charge is 2.17. The Balaban J connectivity index is 1.76. The molecule has 5 nitrogen and oxygen atoms in total. The van der Waals surface area contributed by atoms with Gasteiger partial charge >= 0.3 is 0 Å². The summed E-state index contributed by atoms with van der Waals surface area (Å²) in [7, 11) is 1.92. The van der Waals surface area contributed by atoms with Crippen LogP contribution in [0.3, 0.4) is 0 Å². The molecule has 0 saturated heterocycles. The molecule has 24 heavy (non-hydrogen) atoms. The number of nitrogens with zero attached hydrogens (tertiary/aromatic N) is 5. The molecule has 0 N–H and O–H groups in total. The van der Waals surface area contributed by atoms with E-state index in [1.165, 1.54) is 17.3 Å². The fourth-order valence-corrected chi connectivity index (χ4v) is 3.26. The van der Waals surface area contributed by atoms with Crippen LogP contribution in [-0.4, -0.2) is 25.0 Å². The van der Waals surface area contributed by atoms with Crippen LogP contribution in [0.2, 0.25) is 0 Å². The van der Waals surface area contributed by atoms with Gasteiger partial charge in [-0.2, -0.15) is 5.26 Å². The van der Waals surface area contributed by atoms with Crippen molar-refractivity contribution in [2.75, 3.05) is 0 Å². The predicted molar refractivity (Wildman–Crippen MR) is 94.4 cm³/mol. The van der Waals surface area contributed by atoms with E-state index in [9.17, 15) is 5.26 Å². The maximum Gasteiger partial charge on any atom is 0.192 e. The number of thioether (sulfide) groups is 1. The number of benzene rings is 1. The molecule has 0 unspecified atom stereocenters. The average Bonchev–Trinajstić information content (AvgIpc) is 2.97. The second kappa shape index (κ2) is 7.28. The Morgan fingerprint density at radius 3 is 2.50 bits per heavy atom. The highest BCUT2D eigenvalue weighted by molar-refractivity contribution is 8.00. The molecular weight excluding hydrogens is 318 g/mol. The lowest BCUT2D eigenvalue weighted by molar-refractivity contribution is 0.790. The van der Waals surface area contributed by atoms with Gasteiger partial charge in [0.1, 0.15) is 5.25 Å². The third-order valence-electron chi connectivity index (χ3n) is 3.71. The summed E-state index contributed by atoms with van der Waals surface area (Å²) < 4.78 is 1.92. The number of rotatable bonds is 5. The van der Waals surface area contributed by atoms with Gasteiger partial charge in [0, 0.05) is 25.0 Å². The van der Waals surface area contributed by atoms with Gasteiger partial charge in [0.25, 0.3) is 0 Å². The summed E-state index contributed by atoms with van der Waals surface area (Å²) in [6, 6.07) is 14.4.